The normalized spacial score (nSPS) is 11.6. The molecule has 6 heteroatoms. The fourth-order valence-corrected chi connectivity index (χ4v) is 3.40. The maximum Gasteiger partial charge on any atom is 0.243 e. The molecule has 0 atom stereocenters. The third kappa shape index (κ3) is 3.34. The summed E-state index contributed by atoms with van der Waals surface area (Å²) < 4.78 is 31.4. The van der Waals surface area contributed by atoms with E-state index in [9.17, 15) is 8.42 Å². The van der Waals surface area contributed by atoms with Crippen LogP contribution < -0.4 is 4.74 Å². The van der Waals surface area contributed by atoms with Crippen LogP contribution in [-0.4, -0.2) is 33.4 Å². The molecular weight excluding hydrogens is 318 g/mol. The molecule has 1 aromatic carbocycles. The molecule has 0 aromatic heterocycles. The summed E-state index contributed by atoms with van der Waals surface area (Å²) in [4.78, 5) is 0.221. The van der Waals surface area contributed by atoms with Crippen molar-refractivity contribution >= 4 is 26.0 Å². The third-order valence-corrected chi connectivity index (χ3v) is 4.74. The number of hydrogen-bond donors (Lipinski definition) is 0. The van der Waals surface area contributed by atoms with E-state index in [0.29, 0.717) is 16.8 Å². The summed E-state index contributed by atoms with van der Waals surface area (Å²) in [7, 11) is -0.435. The molecule has 1 aromatic rings. The van der Waals surface area contributed by atoms with Crippen molar-refractivity contribution in [3.05, 3.63) is 34.8 Å². The number of likely N-dealkylation sites (N-methyl/N-ethyl adjacent to an activating group) is 1. The van der Waals surface area contributed by atoms with Gasteiger partial charge in [-0.15, -0.1) is 0 Å². The number of rotatable bonds is 5. The highest BCUT2D eigenvalue weighted by molar-refractivity contribution is 9.10. The molecule has 18 heavy (non-hydrogen) atoms. The summed E-state index contributed by atoms with van der Waals surface area (Å²) in [5.74, 6) is 0.594. The van der Waals surface area contributed by atoms with Gasteiger partial charge in [0.2, 0.25) is 10.0 Å². The first kappa shape index (κ1) is 15.2. The molecule has 0 heterocycles. The predicted octanol–water partition coefficient (Wildman–Crippen LogP) is 2.65. The Bertz CT molecular complexity index is 554. The lowest BCUT2D eigenvalue weighted by Crippen LogP contribution is -2.28. The van der Waals surface area contributed by atoms with Gasteiger partial charge in [-0.25, -0.2) is 8.42 Å². The molecule has 0 fully saturated rings. The fraction of sp³-hybridized carbons (Fsp3) is 0.333. The van der Waals surface area contributed by atoms with Crippen molar-refractivity contribution < 1.29 is 13.2 Å². The lowest BCUT2D eigenvalue weighted by atomic mass is 10.3. The maximum atomic E-state index is 12.2. The van der Waals surface area contributed by atoms with Crippen LogP contribution in [0.25, 0.3) is 0 Å². The number of sulfonamides is 1. The van der Waals surface area contributed by atoms with Gasteiger partial charge in [0.05, 0.1) is 16.5 Å². The van der Waals surface area contributed by atoms with E-state index in [2.05, 4.69) is 22.5 Å². The first-order chi connectivity index (χ1) is 8.28. The molecule has 0 spiro atoms. The monoisotopic (exact) mass is 333 g/mol. The van der Waals surface area contributed by atoms with E-state index in [0.717, 1.165) is 5.57 Å². The van der Waals surface area contributed by atoms with E-state index in [1.54, 1.807) is 13.0 Å². The minimum absolute atomic E-state index is 0.221. The second-order valence-electron chi connectivity index (χ2n) is 4.01. The first-order valence-corrected chi connectivity index (χ1v) is 7.46. The summed E-state index contributed by atoms with van der Waals surface area (Å²) >= 11 is 3.27. The summed E-state index contributed by atoms with van der Waals surface area (Å²) in [6.07, 6.45) is 0. The van der Waals surface area contributed by atoms with Crippen molar-refractivity contribution in [2.45, 2.75) is 11.8 Å². The zero-order valence-corrected chi connectivity index (χ0v) is 13.0. The SMILES string of the molecule is C=C(C)CN(C)S(=O)(=O)c1ccc(OC)c(Br)c1. The highest BCUT2D eigenvalue weighted by Crippen LogP contribution is 2.28. The second-order valence-corrected chi connectivity index (χ2v) is 6.91. The van der Waals surface area contributed by atoms with Crippen molar-refractivity contribution in [3.63, 3.8) is 0 Å². The van der Waals surface area contributed by atoms with Crippen LogP contribution in [0.3, 0.4) is 0 Å². The Morgan fingerprint density at radius 1 is 1.50 bits per heavy atom. The standard InChI is InChI=1S/C12H16BrNO3S/c1-9(2)8-14(3)18(15,16)10-5-6-12(17-4)11(13)7-10/h5-7H,1,8H2,2-4H3. The number of halogens is 1. The quantitative estimate of drug-likeness (QED) is 0.778. The number of hydrogen-bond acceptors (Lipinski definition) is 3. The van der Waals surface area contributed by atoms with Crippen LogP contribution in [0.2, 0.25) is 0 Å². The number of benzene rings is 1. The van der Waals surface area contributed by atoms with Crippen molar-refractivity contribution in [1.29, 1.82) is 0 Å². The van der Waals surface area contributed by atoms with Crippen molar-refractivity contribution in [2.75, 3.05) is 20.7 Å². The molecule has 0 N–H and O–H groups in total. The largest absolute Gasteiger partial charge is 0.496 e. The highest BCUT2D eigenvalue weighted by atomic mass is 79.9. The second kappa shape index (κ2) is 5.86. The lowest BCUT2D eigenvalue weighted by Gasteiger charge is -2.17. The smallest absolute Gasteiger partial charge is 0.243 e. The van der Waals surface area contributed by atoms with Crippen molar-refractivity contribution in [3.8, 4) is 5.75 Å². The van der Waals surface area contributed by atoms with E-state index in [-0.39, 0.29) is 4.90 Å². The van der Waals surface area contributed by atoms with E-state index in [1.807, 2.05) is 0 Å². The van der Waals surface area contributed by atoms with Gasteiger partial charge in [-0.2, -0.15) is 4.31 Å². The molecule has 1 rings (SSSR count). The minimum Gasteiger partial charge on any atom is -0.496 e. The molecule has 100 valence electrons. The number of ether oxygens (including phenoxy) is 1. The molecule has 0 bridgehead atoms. The Morgan fingerprint density at radius 2 is 2.11 bits per heavy atom. The Hall–Kier alpha value is -0.850. The predicted molar refractivity (Wildman–Crippen MR) is 75.3 cm³/mol. The van der Waals surface area contributed by atoms with Crippen molar-refractivity contribution in [1.82, 2.24) is 4.31 Å². The van der Waals surface area contributed by atoms with Gasteiger partial charge in [-0.1, -0.05) is 12.2 Å². The number of nitrogens with zero attached hydrogens (tertiary/aromatic N) is 1. The van der Waals surface area contributed by atoms with Gasteiger partial charge in [0.1, 0.15) is 5.75 Å². The van der Waals surface area contributed by atoms with E-state index in [1.165, 1.54) is 30.6 Å². The summed E-state index contributed by atoms with van der Waals surface area (Å²) in [5.41, 5.74) is 0.786. The van der Waals surface area contributed by atoms with Crippen LogP contribution in [0, 0.1) is 0 Å². The van der Waals surface area contributed by atoms with Gasteiger partial charge < -0.3 is 4.74 Å². The van der Waals surface area contributed by atoms with Gasteiger partial charge in [-0.05, 0) is 41.1 Å². The minimum atomic E-state index is -3.49. The van der Waals surface area contributed by atoms with Crippen molar-refractivity contribution in [2.24, 2.45) is 0 Å². The molecular formula is C12H16BrNO3S. The molecule has 0 aliphatic carbocycles. The van der Waals surface area contributed by atoms with Gasteiger partial charge in [0.15, 0.2) is 0 Å². The first-order valence-electron chi connectivity index (χ1n) is 5.23. The summed E-state index contributed by atoms with van der Waals surface area (Å²) in [6.45, 7) is 5.80. The van der Waals surface area contributed by atoms with Crippen LogP contribution in [0.4, 0.5) is 0 Å². The maximum absolute atomic E-state index is 12.2. The van der Waals surface area contributed by atoms with Gasteiger partial charge >= 0.3 is 0 Å². The Morgan fingerprint density at radius 3 is 2.56 bits per heavy atom. The molecule has 0 unspecified atom stereocenters. The molecule has 4 nitrogen and oxygen atoms in total. The average Bonchev–Trinajstić information content (AvgIpc) is 2.27. The Kier molecular flexibility index (Phi) is 4.95. The van der Waals surface area contributed by atoms with Crippen LogP contribution in [0.1, 0.15) is 6.92 Å². The molecule has 0 saturated carbocycles. The van der Waals surface area contributed by atoms with E-state index in [4.69, 9.17) is 4.74 Å². The molecule has 0 amide bonds. The zero-order chi connectivity index (χ0) is 13.9. The average molecular weight is 334 g/mol. The van der Waals surface area contributed by atoms with Gasteiger partial charge in [-0.3, -0.25) is 0 Å². The summed E-state index contributed by atoms with van der Waals surface area (Å²) in [5, 5.41) is 0. The van der Waals surface area contributed by atoms with Crippen LogP contribution in [0.15, 0.2) is 39.7 Å². The topological polar surface area (TPSA) is 46.6 Å². The third-order valence-electron chi connectivity index (χ3n) is 2.32. The molecule has 0 radical (unpaired) electrons. The van der Waals surface area contributed by atoms with E-state index >= 15 is 0 Å². The Labute approximate surface area is 116 Å². The van der Waals surface area contributed by atoms with Crippen LogP contribution in [0.5, 0.6) is 5.75 Å². The molecule has 0 aliphatic rings. The highest BCUT2D eigenvalue weighted by Gasteiger charge is 2.21. The summed E-state index contributed by atoms with van der Waals surface area (Å²) in [6, 6.07) is 4.67. The van der Waals surface area contributed by atoms with Gasteiger partial charge in [0, 0.05) is 13.6 Å². The van der Waals surface area contributed by atoms with Crippen LogP contribution in [-0.2, 0) is 10.0 Å². The van der Waals surface area contributed by atoms with E-state index < -0.39 is 10.0 Å². The van der Waals surface area contributed by atoms with Gasteiger partial charge in [0.25, 0.3) is 0 Å². The molecule has 0 saturated heterocycles. The van der Waals surface area contributed by atoms with Crippen LogP contribution >= 0.6 is 15.9 Å². The fourth-order valence-electron chi connectivity index (χ4n) is 1.45. The zero-order valence-electron chi connectivity index (χ0n) is 10.6. The lowest BCUT2D eigenvalue weighted by molar-refractivity contribution is 0.411. The molecule has 0 aliphatic heterocycles. The Balaban J connectivity index is 3.13. The number of methoxy groups -OCH3 is 1.